The second-order valence-electron chi connectivity index (χ2n) is 12.9. The molecule has 0 bridgehead atoms. The van der Waals surface area contributed by atoms with Gasteiger partial charge in [-0.15, -0.1) is 0 Å². The van der Waals surface area contributed by atoms with E-state index < -0.39 is 32.5 Å². The molecule has 0 fully saturated rings. The molecule has 0 aliphatic rings. The summed E-state index contributed by atoms with van der Waals surface area (Å²) in [5, 5.41) is 0. The fourth-order valence-corrected chi connectivity index (χ4v) is 5.79. The van der Waals surface area contributed by atoms with Crippen LogP contribution in [-0.4, -0.2) is 41.0 Å². The van der Waals surface area contributed by atoms with Crippen molar-refractivity contribution >= 4 is 19.8 Å². The zero-order valence-corrected chi connectivity index (χ0v) is 30.6. The molecule has 0 saturated heterocycles. The third-order valence-corrected chi connectivity index (χ3v) is 8.77. The van der Waals surface area contributed by atoms with E-state index in [1.165, 1.54) is 116 Å². The van der Waals surface area contributed by atoms with E-state index in [0.29, 0.717) is 6.42 Å². The number of hydrogen-bond acceptors (Lipinski definition) is 6. The number of hydrogen-bond donors (Lipinski definition) is 2. The molecule has 1 atom stereocenters. The SMILES string of the molecule is CCCCCC/C=C\CCCCCCCCCC(=O)O[C@H](COC(=O)CCCCCCCCCCCCCCC)COP(=O)(O)O. The Morgan fingerprint density at radius 3 is 1.35 bits per heavy atom. The van der Waals surface area contributed by atoms with E-state index in [4.69, 9.17) is 19.3 Å². The largest absolute Gasteiger partial charge is 0.469 e. The molecule has 0 aliphatic carbocycles. The minimum Gasteiger partial charge on any atom is -0.462 e. The van der Waals surface area contributed by atoms with Gasteiger partial charge in [-0.25, -0.2) is 4.57 Å². The van der Waals surface area contributed by atoms with Crippen molar-refractivity contribution in [2.24, 2.45) is 0 Å². The summed E-state index contributed by atoms with van der Waals surface area (Å²) in [6, 6.07) is 0. The van der Waals surface area contributed by atoms with E-state index in [1.807, 2.05) is 0 Å². The Bertz CT molecular complexity index is 766. The molecule has 0 unspecified atom stereocenters. The van der Waals surface area contributed by atoms with Crippen LogP contribution in [0.5, 0.6) is 0 Å². The molecule has 0 rings (SSSR count). The maximum absolute atomic E-state index is 12.3. The first-order valence-corrected chi connectivity index (χ1v) is 20.5. The van der Waals surface area contributed by atoms with Gasteiger partial charge in [0.05, 0.1) is 6.61 Å². The highest BCUT2D eigenvalue weighted by atomic mass is 31.2. The summed E-state index contributed by atoms with van der Waals surface area (Å²) in [7, 11) is -4.74. The first-order chi connectivity index (χ1) is 22.3. The number of allylic oxidation sites excluding steroid dienone is 2. The number of carbonyl (C=O) groups excluding carboxylic acids is 2. The van der Waals surface area contributed by atoms with Crippen molar-refractivity contribution in [2.45, 2.75) is 200 Å². The van der Waals surface area contributed by atoms with Crippen LogP contribution in [0.1, 0.15) is 194 Å². The number of esters is 2. The zero-order chi connectivity index (χ0) is 34.0. The summed E-state index contributed by atoms with van der Waals surface area (Å²) in [6.07, 6.45) is 35.0. The van der Waals surface area contributed by atoms with Gasteiger partial charge < -0.3 is 19.3 Å². The van der Waals surface area contributed by atoms with Gasteiger partial charge in [-0.05, 0) is 38.5 Å². The quantitative estimate of drug-likeness (QED) is 0.0295. The molecule has 0 aromatic rings. The van der Waals surface area contributed by atoms with E-state index in [1.54, 1.807) is 0 Å². The Labute approximate surface area is 282 Å². The predicted octanol–water partition coefficient (Wildman–Crippen LogP) is 11.1. The standard InChI is InChI=1S/C37H71O8P/c1-3-5-7-9-11-13-15-17-18-20-22-24-26-28-30-32-37(39)45-35(34-44-46(40,41)42)33-43-36(38)31-29-27-25-23-21-19-16-14-12-10-8-6-4-2/h13,15,35H,3-12,14,16-34H2,1-2H3,(H2,40,41,42)/b15-13-/t35-/m1/s1. The zero-order valence-electron chi connectivity index (χ0n) is 29.7. The number of ether oxygens (including phenoxy) is 2. The summed E-state index contributed by atoms with van der Waals surface area (Å²) < 4.78 is 26.3. The fraction of sp³-hybridized carbons (Fsp3) is 0.892. The summed E-state index contributed by atoms with van der Waals surface area (Å²) in [4.78, 5) is 42.7. The predicted molar refractivity (Wildman–Crippen MR) is 189 cm³/mol. The van der Waals surface area contributed by atoms with E-state index in [-0.39, 0.29) is 19.4 Å². The third kappa shape index (κ3) is 35.6. The van der Waals surface area contributed by atoms with Gasteiger partial charge in [-0.1, -0.05) is 154 Å². The molecular weight excluding hydrogens is 603 g/mol. The van der Waals surface area contributed by atoms with Crippen LogP contribution < -0.4 is 0 Å². The van der Waals surface area contributed by atoms with Gasteiger partial charge >= 0.3 is 19.8 Å². The first kappa shape index (κ1) is 44.8. The average Bonchev–Trinajstić information content (AvgIpc) is 3.02. The summed E-state index contributed by atoms with van der Waals surface area (Å²) >= 11 is 0. The lowest BCUT2D eigenvalue weighted by Crippen LogP contribution is -2.29. The molecule has 0 heterocycles. The molecule has 0 radical (unpaired) electrons. The molecule has 8 nitrogen and oxygen atoms in total. The third-order valence-electron chi connectivity index (χ3n) is 8.28. The Hall–Kier alpha value is -1.21. The number of phosphoric ester groups is 1. The van der Waals surface area contributed by atoms with Gasteiger partial charge in [0.15, 0.2) is 6.10 Å². The van der Waals surface area contributed by atoms with Crippen molar-refractivity contribution in [1.82, 2.24) is 0 Å². The molecule has 2 N–H and O–H groups in total. The Morgan fingerprint density at radius 1 is 0.543 bits per heavy atom. The molecule has 0 amide bonds. The van der Waals surface area contributed by atoms with Gasteiger partial charge in [-0.2, -0.15) is 0 Å². The molecule has 0 aromatic carbocycles. The monoisotopic (exact) mass is 674 g/mol. The van der Waals surface area contributed by atoms with Crippen molar-refractivity contribution < 1.29 is 37.9 Å². The van der Waals surface area contributed by atoms with Gasteiger partial charge in [0.1, 0.15) is 6.61 Å². The Morgan fingerprint density at radius 2 is 0.913 bits per heavy atom. The number of carbonyl (C=O) groups is 2. The summed E-state index contributed by atoms with van der Waals surface area (Å²) in [5.41, 5.74) is 0. The topological polar surface area (TPSA) is 119 Å². The van der Waals surface area contributed by atoms with Crippen molar-refractivity contribution in [3.63, 3.8) is 0 Å². The summed E-state index contributed by atoms with van der Waals surface area (Å²) in [5.74, 6) is -0.882. The lowest BCUT2D eigenvalue weighted by molar-refractivity contribution is -0.161. The van der Waals surface area contributed by atoms with Crippen LogP contribution in [0.15, 0.2) is 12.2 Å². The maximum atomic E-state index is 12.3. The second-order valence-corrected chi connectivity index (χ2v) is 14.1. The minimum absolute atomic E-state index is 0.211. The van der Waals surface area contributed by atoms with E-state index in [2.05, 4.69) is 30.5 Å². The van der Waals surface area contributed by atoms with Crippen molar-refractivity contribution in [2.75, 3.05) is 13.2 Å². The maximum Gasteiger partial charge on any atom is 0.469 e. The molecule has 0 aliphatic heterocycles. The second kappa shape index (κ2) is 33.7. The van der Waals surface area contributed by atoms with Crippen molar-refractivity contribution in [3.8, 4) is 0 Å². The van der Waals surface area contributed by atoms with Crippen LogP contribution >= 0.6 is 7.82 Å². The minimum atomic E-state index is -4.74. The van der Waals surface area contributed by atoms with Crippen LogP contribution in [0.2, 0.25) is 0 Å². The van der Waals surface area contributed by atoms with E-state index in [9.17, 15) is 14.2 Å². The highest BCUT2D eigenvalue weighted by Crippen LogP contribution is 2.36. The molecule has 46 heavy (non-hydrogen) atoms. The normalized spacial score (nSPS) is 12.5. The highest BCUT2D eigenvalue weighted by Gasteiger charge is 2.22. The fourth-order valence-electron chi connectivity index (χ4n) is 5.43. The number of phosphoric acid groups is 1. The highest BCUT2D eigenvalue weighted by molar-refractivity contribution is 7.46. The molecule has 9 heteroatoms. The van der Waals surface area contributed by atoms with E-state index in [0.717, 1.165) is 44.9 Å². The van der Waals surface area contributed by atoms with Crippen molar-refractivity contribution in [1.29, 1.82) is 0 Å². The van der Waals surface area contributed by atoms with Crippen LogP contribution in [0.25, 0.3) is 0 Å². The van der Waals surface area contributed by atoms with E-state index >= 15 is 0 Å². The van der Waals surface area contributed by atoms with Crippen LogP contribution in [0.3, 0.4) is 0 Å². The van der Waals surface area contributed by atoms with Gasteiger partial charge in [0.2, 0.25) is 0 Å². The van der Waals surface area contributed by atoms with Gasteiger partial charge in [0.25, 0.3) is 0 Å². The lowest BCUT2D eigenvalue weighted by Gasteiger charge is -2.18. The van der Waals surface area contributed by atoms with Crippen molar-refractivity contribution in [3.05, 3.63) is 12.2 Å². The van der Waals surface area contributed by atoms with Crippen LogP contribution in [0, 0.1) is 0 Å². The molecule has 0 saturated carbocycles. The molecule has 272 valence electrons. The average molecular weight is 675 g/mol. The Balaban J connectivity index is 3.94. The molecule has 0 spiro atoms. The van der Waals surface area contributed by atoms with Crippen LogP contribution in [-0.2, 0) is 28.2 Å². The molecular formula is C37H71O8P. The van der Waals surface area contributed by atoms with Crippen LogP contribution in [0.4, 0.5) is 0 Å². The van der Waals surface area contributed by atoms with Gasteiger partial charge in [-0.3, -0.25) is 14.1 Å². The first-order valence-electron chi connectivity index (χ1n) is 19.0. The Kier molecular flexibility index (Phi) is 32.8. The van der Waals surface area contributed by atoms with Gasteiger partial charge in [0, 0.05) is 12.8 Å². The number of rotatable bonds is 35. The molecule has 0 aromatic heterocycles. The summed E-state index contributed by atoms with van der Waals surface area (Å²) in [6.45, 7) is 3.67. The smallest absolute Gasteiger partial charge is 0.462 e. The lowest BCUT2D eigenvalue weighted by atomic mass is 10.0. The number of unbranched alkanes of at least 4 members (excludes halogenated alkanes) is 23.